The molecular formula is C17H20N4. The summed E-state index contributed by atoms with van der Waals surface area (Å²) in [6.45, 7) is 7.04. The van der Waals surface area contributed by atoms with Crippen molar-refractivity contribution in [3.8, 4) is 0 Å². The number of aryl methyl sites for hydroxylation is 4. The highest BCUT2D eigenvalue weighted by Gasteiger charge is 2.07. The van der Waals surface area contributed by atoms with Crippen LogP contribution in [0.2, 0.25) is 0 Å². The van der Waals surface area contributed by atoms with Gasteiger partial charge in [0.25, 0.3) is 0 Å². The maximum Gasteiger partial charge on any atom is 0.157 e. The van der Waals surface area contributed by atoms with E-state index in [4.69, 9.17) is 0 Å². The maximum absolute atomic E-state index is 4.51. The van der Waals surface area contributed by atoms with E-state index in [1.807, 2.05) is 24.9 Å². The lowest BCUT2D eigenvalue weighted by molar-refractivity contribution is 0.773. The number of hydrogen-bond donors (Lipinski definition) is 1. The van der Waals surface area contributed by atoms with Crippen LogP contribution in [0.15, 0.2) is 30.5 Å². The Morgan fingerprint density at radius 1 is 1.10 bits per heavy atom. The number of fused-ring (bicyclic) bond motifs is 1. The van der Waals surface area contributed by atoms with Gasteiger partial charge in [0.15, 0.2) is 5.65 Å². The highest BCUT2D eigenvalue weighted by atomic mass is 15.3. The quantitative estimate of drug-likeness (QED) is 0.798. The number of nitrogens with one attached hydrogen (secondary N) is 1. The number of rotatable bonds is 3. The molecule has 0 aliphatic carbocycles. The molecule has 3 aromatic rings. The lowest BCUT2D eigenvalue weighted by Gasteiger charge is -2.09. The van der Waals surface area contributed by atoms with E-state index in [1.165, 1.54) is 11.1 Å². The van der Waals surface area contributed by atoms with Crippen LogP contribution in [-0.2, 0) is 13.6 Å². The molecule has 0 radical (unpaired) electrons. The van der Waals surface area contributed by atoms with E-state index < -0.39 is 0 Å². The van der Waals surface area contributed by atoms with Crippen LogP contribution in [0.1, 0.15) is 22.4 Å². The van der Waals surface area contributed by atoms with E-state index in [-0.39, 0.29) is 0 Å². The average molecular weight is 280 g/mol. The molecule has 1 aromatic carbocycles. The molecule has 0 saturated heterocycles. The minimum absolute atomic E-state index is 0.764. The number of hydrogen-bond acceptors (Lipinski definition) is 3. The largest absolute Gasteiger partial charge is 0.381 e. The van der Waals surface area contributed by atoms with Crippen molar-refractivity contribution in [2.75, 3.05) is 5.32 Å². The van der Waals surface area contributed by atoms with Crippen molar-refractivity contribution < 1.29 is 0 Å². The van der Waals surface area contributed by atoms with E-state index in [9.17, 15) is 0 Å². The normalized spacial score (nSPS) is 11.0. The SMILES string of the molecule is Cc1ccc(NCc2cnc3c(c2)c(C)nn3C)cc1C. The fourth-order valence-electron chi connectivity index (χ4n) is 2.50. The minimum atomic E-state index is 0.764. The molecule has 0 fully saturated rings. The highest BCUT2D eigenvalue weighted by molar-refractivity contribution is 5.78. The average Bonchev–Trinajstić information content (AvgIpc) is 2.75. The Morgan fingerprint density at radius 2 is 1.90 bits per heavy atom. The first kappa shape index (κ1) is 13.6. The van der Waals surface area contributed by atoms with E-state index in [1.54, 1.807) is 0 Å². The summed E-state index contributed by atoms with van der Waals surface area (Å²) in [5, 5.41) is 8.98. The molecule has 2 aromatic heterocycles. The van der Waals surface area contributed by atoms with Crippen LogP contribution in [0, 0.1) is 20.8 Å². The van der Waals surface area contributed by atoms with Gasteiger partial charge in [0.05, 0.1) is 5.69 Å². The van der Waals surface area contributed by atoms with E-state index >= 15 is 0 Å². The van der Waals surface area contributed by atoms with Crippen LogP contribution in [0.4, 0.5) is 5.69 Å². The zero-order valence-electron chi connectivity index (χ0n) is 12.9. The summed E-state index contributed by atoms with van der Waals surface area (Å²) in [4.78, 5) is 4.51. The van der Waals surface area contributed by atoms with Gasteiger partial charge in [0.2, 0.25) is 0 Å². The molecule has 0 bridgehead atoms. The molecule has 108 valence electrons. The van der Waals surface area contributed by atoms with Crippen molar-refractivity contribution in [3.05, 3.63) is 52.8 Å². The summed E-state index contributed by atoms with van der Waals surface area (Å²) in [7, 11) is 1.93. The van der Waals surface area contributed by atoms with Crippen molar-refractivity contribution in [3.63, 3.8) is 0 Å². The van der Waals surface area contributed by atoms with Crippen molar-refractivity contribution >= 4 is 16.7 Å². The second-order valence-corrected chi connectivity index (χ2v) is 5.58. The van der Waals surface area contributed by atoms with E-state index in [2.05, 4.69) is 53.5 Å². The summed E-state index contributed by atoms with van der Waals surface area (Å²) in [5.41, 5.74) is 6.87. The van der Waals surface area contributed by atoms with Gasteiger partial charge in [-0.2, -0.15) is 5.10 Å². The van der Waals surface area contributed by atoms with Crippen LogP contribution in [-0.4, -0.2) is 14.8 Å². The maximum atomic E-state index is 4.51. The Labute approximate surface area is 124 Å². The van der Waals surface area contributed by atoms with Gasteiger partial charge in [-0.3, -0.25) is 4.68 Å². The summed E-state index contributed by atoms with van der Waals surface area (Å²) in [6.07, 6.45) is 1.91. The third kappa shape index (κ3) is 2.61. The van der Waals surface area contributed by atoms with Gasteiger partial charge in [-0.25, -0.2) is 4.98 Å². The molecule has 2 heterocycles. The van der Waals surface area contributed by atoms with Gasteiger partial charge < -0.3 is 5.32 Å². The third-order valence-corrected chi connectivity index (χ3v) is 3.92. The zero-order valence-corrected chi connectivity index (χ0v) is 12.9. The summed E-state index contributed by atoms with van der Waals surface area (Å²) in [6, 6.07) is 8.60. The molecular weight excluding hydrogens is 260 g/mol. The standard InChI is InChI=1S/C17H20N4/c1-11-5-6-15(7-12(11)2)18-9-14-8-16-13(3)20-21(4)17(16)19-10-14/h5-8,10,18H,9H2,1-4H3. The van der Waals surface area contributed by atoms with Gasteiger partial charge in [0, 0.05) is 30.9 Å². The topological polar surface area (TPSA) is 42.7 Å². The number of pyridine rings is 1. The number of benzene rings is 1. The highest BCUT2D eigenvalue weighted by Crippen LogP contribution is 2.18. The summed E-state index contributed by atoms with van der Waals surface area (Å²) in [5.74, 6) is 0. The fourth-order valence-corrected chi connectivity index (χ4v) is 2.50. The first-order valence-corrected chi connectivity index (χ1v) is 7.14. The Bertz CT molecular complexity index is 802. The van der Waals surface area contributed by atoms with Crippen molar-refractivity contribution in [2.24, 2.45) is 7.05 Å². The Balaban J connectivity index is 1.81. The van der Waals surface area contributed by atoms with Crippen molar-refractivity contribution in [2.45, 2.75) is 27.3 Å². The predicted octanol–water partition coefficient (Wildman–Crippen LogP) is 3.51. The second kappa shape index (κ2) is 5.20. The monoisotopic (exact) mass is 280 g/mol. The molecule has 4 nitrogen and oxygen atoms in total. The molecule has 0 unspecified atom stereocenters. The van der Waals surface area contributed by atoms with Gasteiger partial charge in [-0.1, -0.05) is 6.07 Å². The van der Waals surface area contributed by atoms with Gasteiger partial charge in [-0.15, -0.1) is 0 Å². The summed E-state index contributed by atoms with van der Waals surface area (Å²) >= 11 is 0. The second-order valence-electron chi connectivity index (χ2n) is 5.58. The van der Waals surface area contributed by atoms with E-state index in [0.29, 0.717) is 0 Å². The van der Waals surface area contributed by atoms with Crippen LogP contribution in [0.3, 0.4) is 0 Å². The van der Waals surface area contributed by atoms with Crippen LogP contribution >= 0.6 is 0 Å². The fraction of sp³-hybridized carbons (Fsp3) is 0.294. The molecule has 4 heteroatoms. The molecule has 21 heavy (non-hydrogen) atoms. The van der Waals surface area contributed by atoms with Crippen LogP contribution in [0.25, 0.3) is 11.0 Å². The van der Waals surface area contributed by atoms with Crippen molar-refractivity contribution in [1.29, 1.82) is 0 Å². The number of aromatic nitrogens is 3. The molecule has 0 atom stereocenters. The van der Waals surface area contributed by atoms with E-state index in [0.717, 1.165) is 34.5 Å². The van der Waals surface area contributed by atoms with Gasteiger partial charge in [0.1, 0.15) is 0 Å². The minimum Gasteiger partial charge on any atom is -0.381 e. The van der Waals surface area contributed by atoms with Crippen molar-refractivity contribution in [1.82, 2.24) is 14.8 Å². The Hall–Kier alpha value is -2.36. The van der Waals surface area contributed by atoms with Gasteiger partial charge in [-0.05, 0) is 55.7 Å². The molecule has 1 N–H and O–H groups in total. The molecule has 0 saturated carbocycles. The predicted molar refractivity (Wildman–Crippen MR) is 86.5 cm³/mol. The molecule has 0 spiro atoms. The third-order valence-electron chi connectivity index (χ3n) is 3.92. The van der Waals surface area contributed by atoms with Crippen LogP contribution in [0.5, 0.6) is 0 Å². The zero-order chi connectivity index (χ0) is 15.0. The van der Waals surface area contributed by atoms with Gasteiger partial charge >= 0.3 is 0 Å². The molecule has 0 amide bonds. The Kier molecular flexibility index (Phi) is 3.37. The lowest BCUT2D eigenvalue weighted by Crippen LogP contribution is -2.01. The molecule has 3 rings (SSSR count). The molecule has 0 aliphatic heterocycles. The first-order chi connectivity index (χ1) is 10.0. The lowest BCUT2D eigenvalue weighted by atomic mass is 10.1. The number of anilines is 1. The summed E-state index contributed by atoms with van der Waals surface area (Å²) < 4.78 is 1.82. The number of nitrogens with zero attached hydrogens (tertiary/aromatic N) is 3. The first-order valence-electron chi connectivity index (χ1n) is 7.14. The molecule has 0 aliphatic rings. The Morgan fingerprint density at radius 3 is 2.67 bits per heavy atom. The smallest absolute Gasteiger partial charge is 0.157 e. The van der Waals surface area contributed by atoms with Crippen LogP contribution < -0.4 is 5.32 Å².